The lowest BCUT2D eigenvalue weighted by molar-refractivity contribution is -0.113. The van der Waals surface area contributed by atoms with Crippen LogP contribution in [0.3, 0.4) is 0 Å². The van der Waals surface area contributed by atoms with Crippen LogP contribution < -0.4 is 5.30 Å². The Morgan fingerprint density at radius 2 is 1.92 bits per heavy atom. The molecule has 2 heteroatoms. The third kappa shape index (κ3) is 1.57. The van der Waals surface area contributed by atoms with E-state index in [1.165, 1.54) is 5.30 Å². The molecule has 1 aliphatic heterocycles. The molecule has 1 heterocycles. The molecule has 13 heavy (non-hydrogen) atoms. The summed E-state index contributed by atoms with van der Waals surface area (Å²) in [4.78, 5) is 11.3. The maximum atomic E-state index is 11.3. The summed E-state index contributed by atoms with van der Waals surface area (Å²) in [5.74, 6) is 2.34. The Hall–Kier alpha value is -0.940. The van der Waals surface area contributed by atoms with E-state index in [4.69, 9.17) is 0 Å². The fourth-order valence-corrected chi connectivity index (χ4v) is 3.53. The van der Waals surface area contributed by atoms with Crippen LogP contribution in [0.5, 0.6) is 0 Å². The second kappa shape index (κ2) is 3.43. The molecule has 0 saturated heterocycles. The molecule has 0 spiro atoms. The lowest BCUT2D eigenvalue weighted by Gasteiger charge is -2.13. The Morgan fingerprint density at radius 3 is 2.46 bits per heavy atom. The average molecular weight is 190 g/mol. The van der Waals surface area contributed by atoms with Crippen molar-refractivity contribution < 1.29 is 4.79 Å². The summed E-state index contributed by atoms with van der Waals surface area (Å²) >= 11 is 0. The van der Waals surface area contributed by atoms with Crippen molar-refractivity contribution in [3.63, 3.8) is 0 Å². The van der Waals surface area contributed by atoms with E-state index in [-0.39, 0.29) is 19.4 Å². The summed E-state index contributed by atoms with van der Waals surface area (Å²) in [7, 11) is -0.371. The first kappa shape index (κ1) is 8.65. The highest BCUT2D eigenvalue weighted by atomic mass is 31.1. The van der Waals surface area contributed by atoms with Gasteiger partial charge in [0.15, 0.2) is 5.78 Å². The van der Waals surface area contributed by atoms with Crippen molar-refractivity contribution in [2.24, 2.45) is 0 Å². The fourth-order valence-electron chi connectivity index (χ4n) is 1.47. The molecule has 1 aromatic carbocycles. The summed E-state index contributed by atoms with van der Waals surface area (Å²) in [6, 6.07) is 10.3. The van der Waals surface area contributed by atoms with Crippen LogP contribution in [-0.2, 0) is 4.79 Å². The summed E-state index contributed by atoms with van der Waals surface area (Å²) in [5, 5.41) is 1.30. The summed E-state index contributed by atoms with van der Waals surface area (Å²) in [6.45, 7) is 2.01. The largest absolute Gasteiger partial charge is 0.294 e. The van der Waals surface area contributed by atoms with Crippen LogP contribution in [0.1, 0.15) is 6.92 Å². The topological polar surface area (TPSA) is 17.1 Å². The zero-order chi connectivity index (χ0) is 9.26. The van der Waals surface area contributed by atoms with E-state index < -0.39 is 0 Å². The number of hydrogen-bond donors (Lipinski definition) is 0. The second-order valence-electron chi connectivity index (χ2n) is 3.14. The minimum absolute atomic E-state index is 0.178. The van der Waals surface area contributed by atoms with Gasteiger partial charge in [0.2, 0.25) is 0 Å². The van der Waals surface area contributed by atoms with Gasteiger partial charge in [0, 0.05) is 5.66 Å². The third-order valence-electron chi connectivity index (χ3n) is 2.28. The predicted octanol–water partition coefficient (Wildman–Crippen LogP) is 2.28. The molecule has 0 radical (unpaired) electrons. The summed E-state index contributed by atoms with van der Waals surface area (Å²) in [6.07, 6.45) is 1.73. The van der Waals surface area contributed by atoms with Crippen LogP contribution >= 0.6 is 7.92 Å². The minimum Gasteiger partial charge on any atom is -0.294 e. The zero-order valence-corrected chi connectivity index (χ0v) is 8.37. The van der Waals surface area contributed by atoms with Crippen LogP contribution in [0.25, 0.3) is 0 Å². The molecule has 0 saturated carbocycles. The first-order valence-corrected chi connectivity index (χ1v) is 5.82. The highest BCUT2D eigenvalue weighted by molar-refractivity contribution is 7.70. The number of carbonyl (C=O) groups excluding carboxylic acids is 1. The molecule has 0 fully saturated rings. The van der Waals surface area contributed by atoms with Gasteiger partial charge in [0.1, 0.15) is 0 Å². The van der Waals surface area contributed by atoms with E-state index in [0.717, 1.165) is 0 Å². The van der Waals surface area contributed by atoms with E-state index >= 15 is 0 Å². The Bertz CT molecular complexity index is 342. The Morgan fingerprint density at radius 1 is 1.23 bits per heavy atom. The van der Waals surface area contributed by atoms with Crippen LogP contribution in [0.15, 0.2) is 42.2 Å². The molecule has 0 aromatic heterocycles. The molecular weight excluding hydrogens is 179 g/mol. The van der Waals surface area contributed by atoms with Crippen molar-refractivity contribution in [1.82, 2.24) is 0 Å². The molecule has 2 rings (SSSR count). The highest BCUT2D eigenvalue weighted by Crippen LogP contribution is 2.46. The van der Waals surface area contributed by atoms with Crippen molar-refractivity contribution in [1.29, 1.82) is 0 Å². The van der Waals surface area contributed by atoms with Gasteiger partial charge in [-0.15, -0.1) is 0 Å². The number of carbonyl (C=O) groups is 1. The fraction of sp³-hybridized carbons (Fsp3) is 0.182. The molecule has 0 N–H and O–H groups in total. The van der Waals surface area contributed by atoms with Crippen LogP contribution in [-0.4, -0.2) is 11.4 Å². The van der Waals surface area contributed by atoms with E-state index in [1.54, 1.807) is 6.08 Å². The average Bonchev–Trinajstić information content (AvgIpc) is 2.49. The lowest BCUT2D eigenvalue weighted by Crippen LogP contribution is -2.12. The van der Waals surface area contributed by atoms with Gasteiger partial charge in [0.05, 0.1) is 0 Å². The maximum absolute atomic E-state index is 11.3. The normalized spacial score (nSPS) is 26.7. The number of ketones is 1. The number of benzene rings is 1. The number of allylic oxidation sites excluding steroid dienone is 1. The van der Waals surface area contributed by atoms with Crippen molar-refractivity contribution in [2.75, 3.05) is 0 Å². The maximum Gasteiger partial charge on any atom is 0.163 e. The monoisotopic (exact) mass is 190 g/mol. The van der Waals surface area contributed by atoms with Crippen LogP contribution in [0, 0.1) is 0 Å². The highest BCUT2D eigenvalue weighted by Gasteiger charge is 2.26. The van der Waals surface area contributed by atoms with Gasteiger partial charge in [-0.2, -0.15) is 0 Å². The van der Waals surface area contributed by atoms with Gasteiger partial charge in [-0.05, 0) is 19.3 Å². The molecule has 2 atom stereocenters. The molecule has 0 bridgehead atoms. The van der Waals surface area contributed by atoms with Gasteiger partial charge >= 0.3 is 0 Å². The van der Waals surface area contributed by atoms with Gasteiger partial charge in [-0.3, -0.25) is 4.79 Å². The van der Waals surface area contributed by atoms with Gasteiger partial charge in [-0.25, -0.2) is 0 Å². The Kier molecular flexibility index (Phi) is 2.28. The molecule has 2 unspecified atom stereocenters. The van der Waals surface area contributed by atoms with E-state index in [2.05, 4.69) is 17.9 Å². The predicted molar refractivity (Wildman–Crippen MR) is 56.6 cm³/mol. The van der Waals surface area contributed by atoms with Crippen molar-refractivity contribution in [3.8, 4) is 0 Å². The SMILES string of the molecule is CC1C(=O)C=CP1c1ccccc1. The van der Waals surface area contributed by atoms with Crippen molar-refractivity contribution in [3.05, 3.63) is 42.2 Å². The van der Waals surface area contributed by atoms with E-state index in [9.17, 15) is 4.79 Å². The molecular formula is C11H11OP. The third-order valence-corrected chi connectivity index (χ3v) is 4.74. The van der Waals surface area contributed by atoms with Crippen LogP contribution in [0.4, 0.5) is 0 Å². The zero-order valence-electron chi connectivity index (χ0n) is 7.47. The van der Waals surface area contributed by atoms with Gasteiger partial charge in [-0.1, -0.05) is 43.1 Å². The number of hydrogen-bond acceptors (Lipinski definition) is 1. The molecule has 66 valence electrons. The van der Waals surface area contributed by atoms with Crippen LogP contribution in [0.2, 0.25) is 0 Å². The summed E-state index contributed by atoms with van der Waals surface area (Å²) in [5.41, 5.74) is 0.178. The van der Waals surface area contributed by atoms with Crippen molar-refractivity contribution >= 4 is 19.0 Å². The first-order chi connectivity index (χ1) is 6.29. The molecule has 0 amide bonds. The first-order valence-electron chi connectivity index (χ1n) is 4.34. The quantitative estimate of drug-likeness (QED) is 0.621. The number of rotatable bonds is 1. The van der Waals surface area contributed by atoms with Crippen molar-refractivity contribution in [2.45, 2.75) is 12.6 Å². The van der Waals surface area contributed by atoms with E-state index in [1.807, 2.05) is 25.1 Å². The standard InChI is InChI=1S/C11H11OP/c1-9-11(12)7-8-13(9)10-5-3-2-4-6-10/h2-9H,1H3. The molecule has 0 aliphatic carbocycles. The Balaban J connectivity index is 2.29. The smallest absolute Gasteiger partial charge is 0.163 e. The van der Waals surface area contributed by atoms with Gasteiger partial charge < -0.3 is 0 Å². The second-order valence-corrected chi connectivity index (χ2v) is 5.54. The molecule has 1 aliphatic rings. The Labute approximate surface area is 79.2 Å². The van der Waals surface area contributed by atoms with Gasteiger partial charge in [0.25, 0.3) is 0 Å². The molecule has 1 nitrogen and oxygen atoms in total. The van der Waals surface area contributed by atoms with E-state index in [0.29, 0.717) is 0 Å². The molecule has 1 aromatic rings. The lowest BCUT2D eigenvalue weighted by atomic mass is 10.3. The minimum atomic E-state index is -0.371. The summed E-state index contributed by atoms with van der Waals surface area (Å²) < 4.78 is 0.